The Labute approximate surface area is 215 Å². The van der Waals surface area contributed by atoms with Gasteiger partial charge in [-0.1, -0.05) is 96.2 Å². The maximum absolute atomic E-state index is 13.1. The second-order valence-corrected chi connectivity index (χ2v) is 9.67. The van der Waals surface area contributed by atoms with Crippen LogP contribution in [0.15, 0.2) is 96.2 Å². The summed E-state index contributed by atoms with van der Waals surface area (Å²) >= 11 is 7.64. The third kappa shape index (κ3) is 7.07. The van der Waals surface area contributed by atoms with Gasteiger partial charge in [0.1, 0.15) is 11.0 Å². The number of aromatic nitrogens is 2. The van der Waals surface area contributed by atoms with E-state index in [4.69, 9.17) is 11.6 Å². The minimum Gasteiger partial charge on any atom is -0.363 e. The van der Waals surface area contributed by atoms with Crippen molar-refractivity contribution in [3.63, 3.8) is 0 Å². The first-order chi connectivity index (χ1) is 17.0. The van der Waals surface area contributed by atoms with E-state index in [2.05, 4.69) is 27.4 Å². The van der Waals surface area contributed by atoms with E-state index in [9.17, 15) is 4.79 Å². The van der Waals surface area contributed by atoms with Crippen LogP contribution in [0.5, 0.6) is 0 Å². The molecule has 5 nitrogen and oxygen atoms in total. The summed E-state index contributed by atoms with van der Waals surface area (Å²) < 4.78 is 0. The molecule has 0 radical (unpaired) electrons. The summed E-state index contributed by atoms with van der Waals surface area (Å²) in [4.78, 5) is 23.8. The summed E-state index contributed by atoms with van der Waals surface area (Å²) in [5.74, 6) is 1.35. The first-order valence-corrected chi connectivity index (χ1v) is 12.7. The number of halogens is 1. The van der Waals surface area contributed by atoms with Gasteiger partial charge in [0.2, 0.25) is 0 Å². The van der Waals surface area contributed by atoms with Crippen molar-refractivity contribution >= 4 is 35.1 Å². The van der Waals surface area contributed by atoms with E-state index < -0.39 is 0 Å². The van der Waals surface area contributed by atoms with Crippen molar-refractivity contribution in [2.45, 2.75) is 23.4 Å². The molecule has 1 amide bonds. The molecule has 1 aromatic heterocycles. The molecule has 0 aliphatic rings. The zero-order valence-electron chi connectivity index (χ0n) is 19.7. The van der Waals surface area contributed by atoms with Gasteiger partial charge in [-0.05, 0) is 35.2 Å². The molecule has 1 N–H and O–H groups in total. The molecule has 4 aromatic rings. The molecule has 1 atom stereocenters. The average Bonchev–Trinajstić information content (AvgIpc) is 2.88. The van der Waals surface area contributed by atoms with Crippen LogP contribution >= 0.6 is 23.4 Å². The van der Waals surface area contributed by atoms with E-state index in [1.54, 1.807) is 6.07 Å². The first-order valence-electron chi connectivity index (χ1n) is 11.3. The Kier molecular flexibility index (Phi) is 8.40. The maximum atomic E-state index is 13.1. The van der Waals surface area contributed by atoms with E-state index in [1.807, 2.05) is 91.8 Å². The lowest BCUT2D eigenvalue weighted by atomic mass is 9.98. The summed E-state index contributed by atoms with van der Waals surface area (Å²) in [5.41, 5.74) is 3.96. The van der Waals surface area contributed by atoms with Gasteiger partial charge >= 0.3 is 0 Å². The van der Waals surface area contributed by atoms with Gasteiger partial charge in [0.05, 0.1) is 6.04 Å². The lowest BCUT2D eigenvalue weighted by molar-refractivity contribution is 0.0936. The van der Waals surface area contributed by atoms with E-state index in [1.165, 1.54) is 17.3 Å². The van der Waals surface area contributed by atoms with Crippen LogP contribution in [0.4, 0.5) is 5.82 Å². The monoisotopic (exact) mass is 502 g/mol. The Balaban J connectivity index is 1.42. The molecule has 35 heavy (non-hydrogen) atoms. The van der Waals surface area contributed by atoms with Crippen molar-refractivity contribution < 1.29 is 4.79 Å². The smallest absolute Gasteiger partial charge is 0.251 e. The molecular formula is C28H27ClN4OS. The highest BCUT2D eigenvalue weighted by molar-refractivity contribution is 7.98. The van der Waals surface area contributed by atoms with Gasteiger partial charge in [-0.2, -0.15) is 0 Å². The Morgan fingerprint density at radius 2 is 1.57 bits per heavy atom. The third-order valence-electron chi connectivity index (χ3n) is 5.49. The molecule has 0 aliphatic heterocycles. The van der Waals surface area contributed by atoms with Crippen molar-refractivity contribution in [2.75, 3.05) is 19.0 Å². The minimum atomic E-state index is -0.118. The van der Waals surface area contributed by atoms with E-state index in [0.717, 1.165) is 23.4 Å². The fourth-order valence-electron chi connectivity index (χ4n) is 3.61. The van der Waals surface area contributed by atoms with Crippen LogP contribution in [0.1, 0.15) is 33.1 Å². The number of hydrogen-bond donors (Lipinski definition) is 1. The molecule has 0 saturated heterocycles. The largest absolute Gasteiger partial charge is 0.363 e. The summed E-state index contributed by atoms with van der Waals surface area (Å²) in [6.45, 7) is 0. The molecule has 178 valence electrons. The van der Waals surface area contributed by atoms with E-state index in [0.29, 0.717) is 21.6 Å². The summed E-state index contributed by atoms with van der Waals surface area (Å²) in [6, 6.07) is 29.6. The van der Waals surface area contributed by atoms with Crippen LogP contribution in [0, 0.1) is 0 Å². The van der Waals surface area contributed by atoms with Crippen molar-refractivity contribution in [2.24, 2.45) is 0 Å². The lowest BCUT2D eigenvalue weighted by Crippen LogP contribution is -2.30. The number of hydrogen-bond acceptors (Lipinski definition) is 5. The van der Waals surface area contributed by atoms with Crippen LogP contribution in [-0.4, -0.2) is 30.0 Å². The van der Waals surface area contributed by atoms with E-state index in [-0.39, 0.29) is 11.9 Å². The van der Waals surface area contributed by atoms with Crippen LogP contribution < -0.4 is 10.2 Å². The topological polar surface area (TPSA) is 58.1 Å². The van der Waals surface area contributed by atoms with Crippen LogP contribution in [0.3, 0.4) is 0 Å². The molecule has 4 rings (SSSR count). The van der Waals surface area contributed by atoms with Gasteiger partial charge in [0.25, 0.3) is 5.91 Å². The van der Waals surface area contributed by atoms with Gasteiger partial charge in [-0.25, -0.2) is 9.97 Å². The zero-order chi connectivity index (χ0) is 24.6. The van der Waals surface area contributed by atoms with E-state index >= 15 is 0 Å². The highest BCUT2D eigenvalue weighted by Gasteiger charge is 2.16. The SMILES string of the molecule is CN(C)c1cc(Cl)nc(SCc2ccc(C(=O)NC(Cc3ccccc3)c3ccccc3)cc2)n1. The fraction of sp³-hybridized carbons (Fsp3) is 0.179. The molecule has 1 heterocycles. The fourth-order valence-corrected chi connectivity index (χ4v) is 4.65. The number of benzene rings is 3. The van der Waals surface area contributed by atoms with Crippen molar-refractivity contribution in [3.05, 3.63) is 118 Å². The normalized spacial score (nSPS) is 11.6. The standard InChI is InChI=1S/C28H27ClN4OS/c1-33(2)26-18-25(29)31-28(32-26)35-19-21-13-15-23(16-14-21)27(34)30-24(22-11-7-4-8-12-22)17-20-9-5-3-6-10-20/h3-16,18,24H,17,19H2,1-2H3,(H,30,34). The van der Waals surface area contributed by atoms with Crippen molar-refractivity contribution in [1.29, 1.82) is 0 Å². The molecule has 0 bridgehead atoms. The molecule has 3 aromatic carbocycles. The number of anilines is 1. The lowest BCUT2D eigenvalue weighted by Gasteiger charge is -2.20. The summed E-state index contributed by atoms with van der Waals surface area (Å²) in [6.07, 6.45) is 0.722. The predicted molar refractivity (Wildman–Crippen MR) is 144 cm³/mol. The molecule has 7 heteroatoms. The first kappa shape index (κ1) is 24.8. The molecule has 0 saturated carbocycles. The second kappa shape index (κ2) is 11.9. The third-order valence-corrected chi connectivity index (χ3v) is 6.61. The Morgan fingerprint density at radius 1 is 0.914 bits per heavy atom. The number of rotatable bonds is 9. The minimum absolute atomic E-state index is 0.0946. The molecular weight excluding hydrogens is 476 g/mol. The summed E-state index contributed by atoms with van der Waals surface area (Å²) in [7, 11) is 3.83. The van der Waals surface area contributed by atoms with Crippen molar-refractivity contribution in [1.82, 2.24) is 15.3 Å². The maximum Gasteiger partial charge on any atom is 0.251 e. The van der Waals surface area contributed by atoms with Gasteiger partial charge in [0, 0.05) is 31.5 Å². The quantitative estimate of drug-likeness (QED) is 0.168. The highest BCUT2D eigenvalue weighted by atomic mass is 35.5. The second-order valence-electron chi connectivity index (χ2n) is 8.34. The summed E-state index contributed by atoms with van der Waals surface area (Å²) in [5, 5.41) is 4.25. The van der Waals surface area contributed by atoms with Crippen LogP contribution in [-0.2, 0) is 12.2 Å². The molecule has 1 unspecified atom stereocenters. The Bertz CT molecular complexity index is 1250. The predicted octanol–water partition coefficient (Wildman–Crippen LogP) is 6.20. The number of thioether (sulfide) groups is 1. The number of nitrogens with one attached hydrogen (secondary N) is 1. The number of carbonyl (C=O) groups excluding carboxylic acids is 1. The Morgan fingerprint density at radius 3 is 2.23 bits per heavy atom. The van der Waals surface area contributed by atoms with Gasteiger partial charge in [0.15, 0.2) is 5.16 Å². The zero-order valence-corrected chi connectivity index (χ0v) is 21.3. The number of carbonyl (C=O) groups is 1. The van der Waals surface area contributed by atoms with Crippen LogP contribution in [0.25, 0.3) is 0 Å². The number of amides is 1. The van der Waals surface area contributed by atoms with Gasteiger partial charge < -0.3 is 10.2 Å². The Hall–Kier alpha value is -3.35. The van der Waals surface area contributed by atoms with Gasteiger partial charge in [-0.3, -0.25) is 4.79 Å². The highest BCUT2D eigenvalue weighted by Crippen LogP contribution is 2.24. The van der Waals surface area contributed by atoms with Crippen LogP contribution in [0.2, 0.25) is 5.15 Å². The van der Waals surface area contributed by atoms with Crippen molar-refractivity contribution in [3.8, 4) is 0 Å². The number of nitrogens with zero attached hydrogens (tertiary/aromatic N) is 3. The molecule has 0 spiro atoms. The van der Waals surface area contributed by atoms with Gasteiger partial charge in [-0.15, -0.1) is 0 Å². The molecule has 0 fully saturated rings. The molecule has 0 aliphatic carbocycles. The average molecular weight is 503 g/mol.